The van der Waals surface area contributed by atoms with Gasteiger partial charge in [0.15, 0.2) is 11.5 Å². The fourth-order valence-corrected chi connectivity index (χ4v) is 4.40. The molecule has 6 nitrogen and oxygen atoms in total. The average Bonchev–Trinajstić information content (AvgIpc) is 3.56. The molecule has 0 bridgehead atoms. The van der Waals surface area contributed by atoms with Crippen LogP contribution in [0.15, 0.2) is 54.6 Å². The molecule has 2 aliphatic rings. The van der Waals surface area contributed by atoms with Gasteiger partial charge in [-0.2, -0.15) is 0 Å². The number of aromatic nitrogens is 1. The first-order valence-corrected chi connectivity index (χ1v) is 11.0. The predicted octanol–water partition coefficient (Wildman–Crippen LogP) is 5.17. The van der Waals surface area contributed by atoms with Gasteiger partial charge in [0.2, 0.25) is 0 Å². The number of rotatable bonds is 7. The van der Waals surface area contributed by atoms with Crippen molar-refractivity contribution in [3.05, 3.63) is 77.0 Å². The number of pyridine rings is 1. The van der Waals surface area contributed by atoms with Gasteiger partial charge >= 0.3 is 12.3 Å². The Kier molecular flexibility index (Phi) is 5.11. The quantitative estimate of drug-likeness (QED) is 0.518. The van der Waals surface area contributed by atoms with E-state index in [1.165, 1.54) is 18.2 Å². The van der Waals surface area contributed by atoms with Crippen molar-refractivity contribution >= 4 is 11.8 Å². The van der Waals surface area contributed by atoms with Crippen molar-refractivity contribution in [3.63, 3.8) is 0 Å². The predicted molar refractivity (Wildman–Crippen MR) is 118 cm³/mol. The molecule has 0 radical (unpaired) electrons. The number of hydrogen-bond acceptors (Lipinski definition) is 5. The Morgan fingerprint density at radius 2 is 1.79 bits per heavy atom. The van der Waals surface area contributed by atoms with Crippen molar-refractivity contribution in [1.82, 2.24) is 4.98 Å². The number of carboxylic acid groups (broad SMARTS) is 1. The van der Waals surface area contributed by atoms with Gasteiger partial charge in [-0.25, -0.2) is 4.79 Å². The third-order valence-corrected chi connectivity index (χ3v) is 6.38. The van der Waals surface area contributed by atoms with E-state index in [1.54, 1.807) is 30.3 Å². The number of ketones is 1. The van der Waals surface area contributed by atoms with E-state index in [9.17, 15) is 23.5 Å². The highest BCUT2D eigenvalue weighted by atomic mass is 19.3. The first kappa shape index (κ1) is 22.0. The molecule has 0 spiro atoms. The molecule has 5 rings (SSSR count). The third kappa shape index (κ3) is 3.89. The number of aromatic carboxylic acids is 1. The van der Waals surface area contributed by atoms with Crippen LogP contribution in [0.3, 0.4) is 0 Å². The summed E-state index contributed by atoms with van der Waals surface area (Å²) in [5.41, 5.74) is 2.85. The lowest BCUT2D eigenvalue weighted by Crippen LogP contribution is -2.26. The Bertz CT molecular complexity index is 1320. The molecule has 2 aromatic carbocycles. The smallest absolute Gasteiger partial charge is 0.478 e. The standard InChI is InChI=1S/C26H21F2NO5/c1-2-15-6-8-19(29-23(15)16-4-3-5-17(12-16)24(31)32)14-22(30)25(10-11-25)18-7-9-20-21(13-18)34-26(27,28)33-20/h3-9,12-13H,2,10-11,14H2,1H3,(H,31,32). The van der Waals surface area contributed by atoms with Gasteiger partial charge in [-0.1, -0.05) is 31.2 Å². The molecule has 1 aliphatic carbocycles. The van der Waals surface area contributed by atoms with E-state index in [2.05, 4.69) is 9.47 Å². The molecule has 8 heteroatoms. The number of benzene rings is 2. The minimum Gasteiger partial charge on any atom is -0.478 e. The van der Waals surface area contributed by atoms with Crippen molar-refractivity contribution in [3.8, 4) is 22.8 Å². The van der Waals surface area contributed by atoms with Crippen LogP contribution in [0.2, 0.25) is 0 Å². The van der Waals surface area contributed by atoms with Crippen molar-refractivity contribution in [2.75, 3.05) is 0 Å². The summed E-state index contributed by atoms with van der Waals surface area (Å²) in [6.45, 7) is 1.98. The Morgan fingerprint density at radius 1 is 1.03 bits per heavy atom. The molecule has 2 heterocycles. The Labute approximate surface area is 194 Å². The number of ether oxygens (including phenoxy) is 2. The number of fused-ring (bicyclic) bond motifs is 1. The summed E-state index contributed by atoms with van der Waals surface area (Å²) in [6, 6.07) is 14.7. The SMILES string of the molecule is CCc1ccc(CC(=O)C2(c3ccc4c(c3)OC(F)(F)O4)CC2)nc1-c1cccc(C(=O)O)c1. The fourth-order valence-electron chi connectivity index (χ4n) is 4.40. The van der Waals surface area contributed by atoms with Gasteiger partial charge in [0.1, 0.15) is 5.78 Å². The molecular weight excluding hydrogens is 444 g/mol. The molecule has 174 valence electrons. The molecule has 0 unspecified atom stereocenters. The minimum atomic E-state index is -3.71. The molecule has 0 saturated heterocycles. The molecule has 1 saturated carbocycles. The van der Waals surface area contributed by atoms with Crippen molar-refractivity contribution in [2.24, 2.45) is 0 Å². The van der Waals surface area contributed by atoms with Gasteiger partial charge < -0.3 is 14.6 Å². The average molecular weight is 465 g/mol. The number of aryl methyl sites for hydroxylation is 1. The van der Waals surface area contributed by atoms with Gasteiger partial charge in [0, 0.05) is 17.7 Å². The van der Waals surface area contributed by atoms with Crippen LogP contribution in [0.25, 0.3) is 11.3 Å². The first-order valence-electron chi connectivity index (χ1n) is 11.0. The van der Waals surface area contributed by atoms with Crippen LogP contribution >= 0.6 is 0 Å². The van der Waals surface area contributed by atoms with Gasteiger partial charge in [-0.3, -0.25) is 9.78 Å². The minimum absolute atomic E-state index is 0.0537. The number of carbonyl (C=O) groups is 2. The molecule has 34 heavy (non-hydrogen) atoms. The zero-order valence-electron chi connectivity index (χ0n) is 18.3. The lowest BCUT2D eigenvalue weighted by atomic mass is 9.88. The van der Waals surface area contributed by atoms with Gasteiger partial charge in [0.25, 0.3) is 0 Å². The van der Waals surface area contributed by atoms with Crippen LogP contribution in [0.5, 0.6) is 11.5 Å². The highest BCUT2D eigenvalue weighted by molar-refractivity contribution is 5.94. The second-order valence-corrected chi connectivity index (χ2v) is 8.56. The highest BCUT2D eigenvalue weighted by Crippen LogP contribution is 2.52. The second-order valence-electron chi connectivity index (χ2n) is 8.56. The molecule has 3 aromatic rings. The van der Waals surface area contributed by atoms with E-state index >= 15 is 0 Å². The summed E-state index contributed by atoms with van der Waals surface area (Å²) in [6.07, 6.45) is -1.72. The van der Waals surface area contributed by atoms with Crippen molar-refractivity contribution < 1.29 is 33.0 Å². The number of alkyl halides is 2. The number of Topliss-reactive ketones (excluding diaryl/α,β-unsaturated/α-hetero) is 1. The van der Waals surface area contributed by atoms with E-state index in [0.29, 0.717) is 41.8 Å². The maximum absolute atomic E-state index is 13.4. The number of halogens is 2. The van der Waals surface area contributed by atoms with E-state index in [1.807, 2.05) is 13.0 Å². The van der Waals surface area contributed by atoms with E-state index in [4.69, 9.17) is 4.98 Å². The van der Waals surface area contributed by atoms with Gasteiger partial charge in [0.05, 0.1) is 16.7 Å². The maximum atomic E-state index is 13.4. The lowest BCUT2D eigenvalue weighted by Gasteiger charge is -2.16. The van der Waals surface area contributed by atoms with Crippen molar-refractivity contribution in [1.29, 1.82) is 0 Å². The van der Waals surface area contributed by atoms with Gasteiger partial charge in [-0.05, 0) is 60.7 Å². The monoisotopic (exact) mass is 465 g/mol. The first-order chi connectivity index (χ1) is 16.2. The van der Waals surface area contributed by atoms with Gasteiger partial charge in [-0.15, -0.1) is 8.78 Å². The number of carboxylic acids is 1. The van der Waals surface area contributed by atoms with Crippen LogP contribution in [-0.2, 0) is 23.1 Å². The topological polar surface area (TPSA) is 85.7 Å². The normalized spacial score (nSPS) is 16.8. The Balaban J connectivity index is 1.42. The molecule has 0 amide bonds. The van der Waals surface area contributed by atoms with E-state index in [0.717, 1.165) is 5.56 Å². The molecule has 0 atom stereocenters. The van der Waals surface area contributed by atoms with Crippen LogP contribution in [0.1, 0.15) is 46.9 Å². The zero-order chi connectivity index (χ0) is 24.1. The Hall–Kier alpha value is -3.81. The molecule has 1 fully saturated rings. The summed E-state index contributed by atoms with van der Waals surface area (Å²) in [7, 11) is 0. The van der Waals surface area contributed by atoms with Crippen molar-refractivity contribution in [2.45, 2.75) is 44.3 Å². The largest absolute Gasteiger partial charge is 0.586 e. The van der Waals surface area contributed by atoms with E-state index < -0.39 is 17.7 Å². The molecule has 1 aliphatic heterocycles. The third-order valence-electron chi connectivity index (χ3n) is 6.38. The summed E-state index contributed by atoms with van der Waals surface area (Å²) < 4.78 is 35.8. The number of nitrogens with zero attached hydrogens (tertiary/aromatic N) is 1. The maximum Gasteiger partial charge on any atom is 0.586 e. The second kappa shape index (κ2) is 7.90. The lowest BCUT2D eigenvalue weighted by molar-refractivity contribution is -0.286. The van der Waals surface area contributed by atoms with Crippen LogP contribution in [0, 0.1) is 0 Å². The Morgan fingerprint density at radius 3 is 2.50 bits per heavy atom. The molecular formula is C26H21F2NO5. The fraction of sp³-hybridized carbons (Fsp3) is 0.269. The number of carbonyl (C=O) groups excluding carboxylic acids is 1. The van der Waals surface area contributed by atoms with E-state index in [-0.39, 0.29) is 29.3 Å². The van der Waals surface area contributed by atoms with Crippen LogP contribution < -0.4 is 9.47 Å². The number of hydrogen-bond donors (Lipinski definition) is 1. The van der Waals surface area contributed by atoms with Crippen LogP contribution in [-0.4, -0.2) is 28.1 Å². The molecule has 1 aromatic heterocycles. The summed E-state index contributed by atoms with van der Waals surface area (Å²) in [5.74, 6) is -1.21. The van der Waals surface area contributed by atoms with Crippen LogP contribution in [0.4, 0.5) is 8.78 Å². The summed E-state index contributed by atoms with van der Waals surface area (Å²) in [5, 5.41) is 9.32. The highest BCUT2D eigenvalue weighted by Gasteiger charge is 2.52. The summed E-state index contributed by atoms with van der Waals surface area (Å²) >= 11 is 0. The molecule has 1 N–H and O–H groups in total. The zero-order valence-corrected chi connectivity index (χ0v) is 18.3. The summed E-state index contributed by atoms with van der Waals surface area (Å²) in [4.78, 5) is 29.4.